The topological polar surface area (TPSA) is 74.3 Å². The fourth-order valence-electron chi connectivity index (χ4n) is 3.52. The van der Waals surface area contributed by atoms with E-state index in [2.05, 4.69) is 27.0 Å². The molecule has 4 rings (SSSR count). The van der Waals surface area contributed by atoms with E-state index in [1.165, 1.54) is 0 Å². The highest BCUT2D eigenvalue weighted by Gasteiger charge is 2.23. The van der Waals surface area contributed by atoms with Crippen LogP contribution in [0.5, 0.6) is 0 Å². The third kappa shape index (κ3) is 4.70. The molecule has 0 amide bonds. The number of nitrogens with one attached hydrogen (secondary N) is 2. The van der Waals surface area contributed by atoms with E-state index in [0.717, 1.165) is 48.2 Å². The second-order valence-electron chi connectivity index (χ2n) is 7.37. The molecule has 1 aliphatic rings. The number of hydrogen-bond acceptors (Lipinski definition) is 5. The summed E-state index contributed by atoms with van der Waals surface area (Å²) < 4.78 is 28.2. The molecule has 1 saturated heterocycles. The highest BCUT2D eigenvalue weighted by Crippen LogP contribution is 2.27. The van der Waals surface area contributed by atoms with E-state index < -0.39 is 10.0 Å². The van der Waals surface area contributed by atoms with Gasteiger partial charge in [-0.3, -0.25) is 4.98 Å². The first-order valence-corrected chi connectivity index (χ1v) is 11.4. The number of likely N-dealkylation sites (tertiary alicyclic amines) is 1. The average Bonchev–Trinajstić information content (AvgIpc) is 2.70. The number of halogens is 1. The Labute approximate surface area is 175 Å². The van der Waals surface area contributed by atoms with E-state index in [0.29, 0.717) is 5.02 Å². The maximum atomic E-state index is 12.7. The number of pyridine rings is 1. The van der Waals surface area contributed by atoms with Crippen molar-refractivity contribution in [3.05, 3.63) is 59.8 Å². The van der Waals surface area contributed by atoms with Gasteiger partial charge in [-0.25, -0.2) is 13.1 Å². The largest absolute Gasteiger partial charge is 0.355 e. The van der Waals surface area contributed by atoms with Crippen LogP contribution in [-0.2, 0) is 10.0 Å². The number of rotatable bonds is 5. The Morgan fingerprint density at radius 1 is 1.07 bits per heavy atom. The first-order chi connectivity index (χ1) is 13.9. The van der Waals surface area contributed by atoms with Crippen molar-refractivity contribution in [2.45, 2.75) is 23.8 Å². The Bertz CT molecular complexity index is 1110. The molecule has 8 heteroatoms. The van der Waals surface area contributed by atoms with Crippen molar-refractivity contribution in [1.29, 1.82) is 0 Å². The number of fused-ring (bicyclic) bond motifs is 1. The summed E-state index contributed by atoms with van der Waals surface area (Å²) in [6.45, 7) is 1.81. The first-order valence-electron chi connectivity index (χ1n) is 9.53. The first kappa shape index (κ1) is 20.1. The molecular weight excluding hydrogens is 408 g/mol. The summed E-state index contributed by atoms with van der Waals surface area (Å²) in [5.74, 6) is 0. The summed E-state index contributed by atoms with van der Waals surface area (Å²) in [6, 6.07) is 14.2. The minimum atomic E-state index is -3.53. The van der Waals surface area contributed by atoms with Crippen LogP contribution in [0.3, 0.4) is 0 Å². The average molecular weight is 431 g/mol. The molecule has 1 fully saturated rings. The maximum Gasteiger partial charge on any atom is 0.240 e. The normalized spacial score (nSPS) is 16.2. The third-order valence-electron chi connectivity index (χ3n) is 5.19. The molecule has 152 valence electrons. The van der Waals surface area contributed by atoms with Gasteiger partial charge in [0.2, 0.25) is 10.0 Å². The summed E-state index contributed by atoms with van der Waals surface area (Å²) in [7, 11) is -1.47. The van der Waals surface area contributed by atoms with Crippen molar-refractivity contribution in [1.82, 2.24) is 14.6 Å². The van der Waals surface area contributed by atoms with E-state index in [4.69, 9.17) is 11.6 Å². The molecule has 0 radical (unpaired) electrons. The van der Waals surface area contributed by atoms with Crippen LogP contribution in [0.2, 0.25) is 5.02 Å². The number of anilines is 2. The van der Waals surface area contributed by atoms with Crippen LogP contribution in [0.4, 0.5) is 11.4 Å². The second-order valence-corrected chi connectivity index (χ2v) is 9.52. The lowest BCUT2D eigenvalue weighted by atomic mass is 10.1. The highest BCUT2D eigenvalue weighted by atomic mass is 35.5. The van der Waals surface area contributed by atoms with Gasteiger partial charge in [0.1, 0.15) is 0 Å². The number of piperidine rings is 1. The Hall–Kier alpha value is -2.19. The van der Waals surface area contributed by atoms with E-state index in [-0.39, 0.29) is 10.9 Å². The summed E-state index contributed by atoms with van der Waals surface area (Å²) in [5.41, 5.74) is 2.47. The van der Waals surface area contributed by atoms with Crippen molar-refractivity contribution in [2.24, 2.45) is 0 Å². The molecule has 6 nitrogen and oxygen atoms in total. The number of aromatic nitrogens is 1. The number of sulfonamides is 1. The molecule has 29 heavy (non-hydrogen) atoms. The molecular formula is C21H23ClN4O2S. The Kier molecular flexibility index (Phi) is 5.74. The van der Waals surface area contributed by atoms with Crippen molar-refractivity contribution in [3.63, 3.8) is 0 Å². The molecule has 0 spiro atoms. The molecule has 0 aliphatic carbocycles. The smallest absolute Gasteiger partial charge is 0.240 e. The Morgan fingerprint density at radius 3 is 2.52 bits per heavy atom. The minimum absolute atomic E-state index is 0.0102. The SMILES string of the molecule is CN1CCC(NS(=O)(=O)c2ccc(Nc3ccnc4cc(Cl)ccc34)cc2)CC1. The van der Waals surface area contributed by atoms with Crippen LogP contribution < -0.4 is 10.0 Å². The maximum absolute atomic E-state index is 12.7. The van der Waals surface area contributed by atoms with Crippen LogP contribution in [0.25, 0.3) is 10.9 Å². The van der Waals surface area contributed by atoms with Gasteiger partial charge in [0, 0.05) is 34.0 Å². The van der Waals surface area contributed by atoms with Gasteiger partial charge in [0.25, 0.3) is 0 Å². The molecule has 0 bridgehead atoms. The zero-order valence-corrected chi connectivity index (χ0v) is 17.7. The molecule has 2 aromatic carbocycles. The lowest BCUT2D eigenvalue weighted by molar-refractivity contribution is 0.248. The van der Waals surface area contributed by atoms with Crippen molar-refractivity contribution < 1.29 is 8.42 Å². The molecule has 0 atom stereocenters. The van der Waals surface area contributed by atoms with Gasteiger partial charge in [0.05, 0.1) is 10.4 Å². The summed E-state index contributed by atoms with van der Waals surface area (Å²) in [4.78, 5) is 6.82. The fraction of sp³-hybridized carbons (Fsp3) is 0.286. The van der Waals surface area contributed by atoms with Crippen LogP contribution in [0.15, 0.2) is 59.6 Å². The summed E-state index contributed by atoms with van der Waals surface area (Å²) in [5, 5.41) is 4.90. The molecule has 1 aromatic heterocycles. The predicted molar refractivity (Wildman–Crippen MR) is 117 cm³/mol. The second kappa shape index (κ2) is 8.28. The van der Waals surface area contributed by atoms with Gasteiger partial charge in [0.15, 0.2) is 0 Å². The van der Waals surface area contributed by atoms with E-state index in [1.54, 1.807) is 30.5 Å². The van der Waals surface area contributed by atoms with Gasteiger partial charge in [-0.1, -0.05) is 11.6 Å². The predicted octanol–water partition coefficient (Wildman–Crippen LogP) is 4.00. The fourth-order valence-corrected chi connectivity index (χ4v) is 4.99. The molecule has 2 heterocycles. The number of nitrogens with zero attached hydrogens (tertiary/aromatic N) is 2. The van der Waals surface area contributed by atoms with Crippen molar-refractivity contribution in [2.75, 3.05) is 25.5 Å². The molecule has 2 N–H and O–H groups in total. The van der Waals surface area contributed by atoms with Gasteiger partial charge < -0.3 is 10.2 Å². The quantitative estimate of drug-likeness (QED) is 0.639. The molecule has 3 aromatic rings. The zero-order chi connectivity index (χ0) is 20.4. The van der Waals surface area contributed by atoms with Gasteiger partial charge in [-0.05, 0) is 81.5 Å². The Balaban J connectivity index is 1.49. The lowest BCUT2D eigenvalue weighted by Crippen LogP contribution is -2.43. The van der Waals surface area contributed by atoms with E-state index in [9.17, 15) is 8.42 Å². The summed E-state index contributed by atoms with van der Waals surface area (Å²) >= 11 is 6.04. The van der Waals surface area contributed by atoms with Crippen LogP contribution in [0, 0.1) is 0 Å². The van der Waals surface area contributed by atoms with Crippen LogP contribution >= 0.6 is 11.6 Å². The van der Waals surface area contributed by atoms with Gasteiger partial charge in [-0.15, -0.1) is 0 Å². The van der Waals surface area contributed by atoms with Gasteiger partial charge in [-0.2, -0.15) is 0 Å². The third-order valence-corrected chi connectivity index (χ3v) is 6.96. The highest BCUT2D eigenvalue weighted by molar-refractivity contribution is 7.89. The number of hydrogen-bond donors (Lipinski definition) is 2. The Morgan fingerprint density at radius 2 is 1.79 bits per heavy atom. The molecule has 1 aliphatic heterocycles. The molecule has 0 saturated carbocycles. The molecule has 0 unspecified atom stereocenters. The van der Waals surface area contributed by atoms with Crippen LogP contribution in [0.1, 0.15) is 12.8 Å². The summed E-state index contributed by atoms with van der Waals surface area (Å²) in [6.07, 6.45) is 3.37. The van der Waals surface area contributed by atoms with Crippen molar-refractivity contribution >= 4 is 43.9 Å². The van der Waals surface area contributed by atoms with Crippen LogP contribution in [-0.4, -0.2) is 44.5 Å². The zero-order valence-electron chi connectivity index (χ0n) is 16.1. The van der Waals surface area contributed by atoms with E-state index in [1.807, 2.05) is 24.3 Å². The number of benzene rings is 2. The standard InChI is InChI=1S/C21H23ClN4O2S/c1-26-12-9-17(10-13-26)25-29(27,28)18-5-3-16(4-6-18)24-20-8-11-23-21-14-15(22)2-7-19(20)21/h2-8,11,14,17,25H,9-10,12-13H2,1H3,(H,23,24). The van der Waals surface area contributed by atoms with Gasteiger partial charge >= 0.3 is 0 Å². The van der Waals surface area contributed by atoms with Crippen molar-refractivity contribution in [3.8, 4) is 0 Å². The van der Waals surface area contributed by atoms with E-state index >= 15 is 0 Å². The lowest BCUT2D eigenvalue weighted by Gasteiger charge is -2.29. The monoisotopic (exact) mass is 430 g/mol. The minimum Gasteiger partial charge on any atom is -0.355 e.